The van der Waals surface area contributed by atoms with Crippen LogP contribution in [0.2, 0.25) is 0 Å². The smallest absolute Gasteiger partial charge is 0.247 e. The third-order valence-corrected chi connectivity index (χ3v) is 5.82. The van der Waals surface area contributed by atoms with Gasteiger partial charge in [0.05, 0.1) is 29.8 Å². The highest BCUT2D eigenvalue weighted by Crippen LogP contribution is 2.35. The van der Waals surface area contributed by atoms with Gasteiger partial charge in [-0.15, -0.1) is 0 Å². The molecular formula is C24H27N7O. The summed E-state index contributed by atoms with van der Waals surface area (Å²) in [5, 5.41) is 16.4. The van der Waals surface area contributed by atoms with E-state index in [9.17, 15) is 4.79 Å². The Kier molecular flexibility index (Phi) is 5.91. The maximum atomic E-state index is 12.5. The first-order valence-electron chi connectivity index (χ1n) is 10.8. The van der Waals surface area contributed by atoms with Crippen molar-refractivity contribution in [2.24, 2.45) is 5.92 Å². The molecule has 0 bridgehead atoms. The van der Waals surface area contributed by atoms with Crippen molar-refractivity contribution in [2.45, 2.75) is 46.2 Å². The second-order valence-electron chi connectivity index (χ2n) is 8.59. The topological polar surface area (TPSA) is 99.7 Å². The summed E-state index contributed by atoms with van der Waals surface area (Å²) in [4.78, 5) is 23.4. The Hall–Kier alpha value is -3.73. The summed E-state index contributed by atoms with van der Waals surface area (Å²) >= 11 is 0. The average Bonchev–Trinajstić information content (AvgIpc) is 3.21. The molecule has 4 rings (SSSR count). The number of nitrogens with zero attached hydrogens (tertiary/aromatic N) is 6. The quantitative estimate of drug-likeness (QED) is 0.646. The zero-order valence-electron chi connectivity index (χ0n) is 18.8. The lowest BCUT2D eigenvalue weighted by molar-refractivity contribution is -0.118. The van der Waals surface area contributed by atoms with Crippen LogP contribution in [0.5, 0.6) is 0 Å². The molecule has 32 heavy (non-hydrogen) atoms. The second kappa shape index (κ2) is 8.79. The predicted octanol–water partition coefficient (Wildman–Crippen LogP) is 3.10. The number of anilines is 2. The molecular weight excluding hydrogens is 402 g/mol. The molecule has 1 aliphatic heterocycles. The Morgan fingerprint density at radius 1 is 1.22 bits per heavy atom. The monoisotopic (exact) mass is 429 g/mol. The van der Waals surface area contributed by atoms with E-state index in [0.29, 0.717) is 12.2 Å². The lowest BCUT2D eigenvalue weighted by atomic mass is 9.97. The van der Waals surface area contributed by atoms with Crippen molar-refractivity contribution in [3.8, 4) is 6.07 Å². The minimum Gasteiger partial charge on any atom is -0.361 e. The zero-order chi connectivity index (χ0) is 22.8. The van der Waals surface area contributed by atoms with Crippen LogP contribution >= 0.6 is 0 Å². The van der Waals surface area contributed by atoms with Gasteiger partial charge in [0, 0.05) is 25.1 Å². The molecule has 0 saturated heterocycles. The molecule has 0 fully saturated rings. The fourth-order valence-corrected chi connectivity index (χ4v) is 4.22. The number of hydrogen-bond acceptors (Lipinski definition) is 6. The summed E-state index contributed by atoms with van der Waals surface area (Å²) in [5.41, 5.74) is 6.20. The van der Waals surface area contributed by atoms with Gasteiger partial charge in [0.25, 0.3) is 0 Å². The Bertz CT molecular complexity index is 1170. The average molecular weight is 430 g/mol. The molecule has 8 nitrogen and oxygen atoms in total. The number of aromatic nitrogens is 4. The van der Waals surface area contributed by atoms with E-state index in [0.717, 1.165) is 46.7 Å². The van der Waals surface area contributed by atoms with Crippen molar-refractivity contribution < 1.29 is 4.79 Å². The van der Waals surface area contributed by atoms with Crippen LogP contribution in [-0.2, 0) is 24.2 Å². The molecule has 0 spiro atoms. The number of carbonyl (C=O) groups excluding carboxylic acids is 1. The molecule has 0 unspecified atom stereocenters. The van der Waals surface area contributed by atoms with E-state index < -0.39 is 0 Å². The largest absolute Gasteiger partial charge is 0.361 e. The number of likely N-dealkylation sites (N-methyl/N-ethyl adjacent to an activating group) is 1. The molecule has 3 aromatic heterocycles. The summed E-state index contributed by atoms with van der Waals surface area (Å²) < 4.78 is 1.88. The third kappa shape index (κ3) is 4.33. The Morgan fingerprint density at radius 3 is 2.72 bits per heavy atom. The van der Waals surface area contributed by atoms with E-state index in [4.69, 9.17) is 10.2 Å². The van der Waals surface area contributed by atoms with Crippen LogP contribution in [0.3, 0.4) is 0 Å². The normalized spacial score (nSPS) is 15.4. The van der Waals surface area contributed by atoms with Crippen LogP contribution in [0.1, 0.15) is 42.1 Å². The summed E-state index contributed by atoms with van der Waals surface area (Å²) in [6.07, 6.45) is 7.22. The van der Waals surface area contributed by atoms with Crippen LogP contribution in [0.25, 0.3) is 0 Å². The lowest BCUT2D eigenvalue weighted by Crippen LogP contribution is -2.49. The summed E-state index contributed by atoms with van der Waals surface area (Å²) in [5.74, 6) is 0.236. The first-order valence-corrected chi connectivity index (χ1v) is 10.8. The second-order valence-corrected chi connectivity index (χ2v) is 8.59. The molecule has 1 amide bonds. The third-order valence-electron chi connectivity index (χ3n) is 5.82. The van der Waals surface area contributed by atoms with Gasteiger partial charge in [-0.05, 0) is 48.9 Å². The molecule has 1 N–H and O–H groups in total. The zero-order valence-corrected chi connectivity index (χ0v) is 18.8. The standard InChI is InChI=1S/C24H27N7O/c1-15(2)23-24(32)29-22-16(3)28-19(9-21(22)30(23)4)7-5-18-12-27-31(14-18)13-17-6-8-20(10-25)26-11-17/h6,8-9,11-12,14-15,23H,5,7,13H2,1-4H3,(H,29,32)/t23-/m0/s1. The number of pyridine rings is 2. The number of rotatable bonds is 6. The fourth-order valence-electron chi connectivity index (χ4n) is 4.22. The van der Waals surface area contributed by atoms with E-state index in [2.05, 4.69) is 40.2 Å². The molecule has 1 atom stereocenters. The maximum Gasteiger partial charge on any atom is 0.247 e. The summed E-state index contributed by atoms with van der Waals surface area (Å²) in [7, 11) is 1.98. The highest BCUT2D eigenvalue weighted by Gasteiger charge is 2.34. The van der Waals surface area contributed by atoms with Gasteiger partial charge in [-0.2, -0.15) is 10.4 Å². The highest BCUT2D eigenvalue weighted by molar-refractivity contribution is 6.04. The molecule has 164 valence electrons. The summed E-state index contributed by atoms with van der Waals surface area (Å²) in [6, 6.07) is 7.54. The molecule has 4 heterocycles. The SMILES string of the molecule is Cc1nc(CCc2cnn(Cc3ccc(C#N)nc3)c2)cc2c1NC(=O)[C@H](C(C)C)N2C. The van der Waals surface area contributed by atoms with Crippen molar-refractivity contribution in [1.82, 2.24) is 19.7 Å². The van der Waals surface area contributed by atoms with Gasteiger partial charge in [0.2, 0.25) is 5.91 Å². The van der Waals surface area contributed by atoms with Crippen LogP contribution < -0.4 is 10.2 Å². The van der Waals surface area contributed by atoms with Crippen molar-refractivity contribution >= 4 is 17.3 Å². The van der Waals surface area contributed by atoms with Gasteiger partial charge in [0.1, 0.15) is 17.8 Å². The van der Waals surface area contributed by atoms with E-state index in [-0.39, 0.29) is 17.9 Å². The minimum atomic E-state index is -0.188. The predicted molar refractivity (Wildman–Crippen MR) is 122 cm³/mol. The van der Waals surface area contributed by atoms with Gasteiger partial charge in [-0.3, -0.25) is 14.5 Å². The van der Waals surface area contributed by atoms with Gasteiger partial charge in [-0.1, -0.05) is 19.9 Å². The first-order chi connectivity index (χ1) is 15.4. The molecule has 3 aromatic rings. The van der Waals surface area contributed by atoms with E-state index in [1.54, 1.807) is 12.3 Å². The first kappa shape index (κ1) is 21.5. The molecule has 8 heteroatoms. The Morgan fingerprint density at radius 2 is 2.03 bits per heavy atom. The number of hydrogen-bond donors (Lipinski definition) is 1. The van der Waals surface area contributed by atoms with E-state index in [1.807, 2.05) is 43.2 Å². The van der Waals surface area contributed by atoms with Crippen LogP contribution in [0.15, 0.2) is 36.8 Å². The van der Waals surface area contributed by atoms with Crippen molar-refractivity contribution in [3.05, 3.63) is 65.0 Å². The minimum absolute atomic E-state index is 0.0255. The van der Waals surface area contributed by atoms with Crippen molar-refractivity contribution in [2.75, 3.05) is 17.3 Å². The van der Waals surface area contributed by atoms with Gasteiger partial charge >= 0.3 is 0 Å². The molecule has 0 radical (unpaired) electrons. The van der Waals surface area contributed by atoms with Crippen LogP contribution in [0, 0.1) is 24.2 Å². The van der Waals surface area contributed by atoms with Gasteiger partial charge < -0.3 is 10.2 Å². The summed E-state index contributed by atoms with van der Waals surface area (Å²) in [6.45, 7) is 6.67. The lowest BCUT2D eigenvalue weighted by Gasteiger charge is -2.38. The van der Waals surface area contributed by atoms with E-state index in [1.165, 1.54) is 0 Å². The Balaban J connectivity index is 1.45. The van der Waals surface area contributed by atoms with Crippen molar-refractivity contribution in [1.29, 1.82) is 5.26 Å². The number of nitriles is 1. The van der Waals surface area contributed by atoms with Gasteiger partial charge in [-0.25, -0.2) is 4.98 Å². The fraction of sp³-hybridized carbons (Fsp3) is 0.375. The Labute approximate surface area is 187 Å². The van der Waals surface area contributed by atoms with Crippen LogP contribution in [0.4, 0.5) is 11.4 Å². The number of amides is 1. The molecule has 0 aliphatic carbocycles. The van der Waals surface area contributed by atoms with E-state index >= 15 is 0 Å². The van der Waals surface area contributed by atoms with Crippen molar-refractivity contribution in [3.63, 3.8) is 0 Å². The number of nitrogens with one attached hydrogen (secondary N) is 1. The number of aryl methyl sites for hydroxylation is 3. The molecule has 1 aliphatic rings. The number of carbonyl (C=O) groups is 1. The number of fused-ring (bicyclic) bond motifs is 1. The van der Waals surface area contributed by atoms with Gasteiger partial charge in [0.15, 0.2) is 0 Å². The van der Waals surface area contributed by atoms with Crippen LogP contribution in [-0.4, -0.2) is 38.7 Å². The molecule has 0 aromatic carbocycles. The molecule has 0 saturated carbocycles. The maximum absolute atomic E-state index is 12.5. The highest BCUT2D eigenvalue weighted by atomic mass is 16.2.